The standard InChI is InChI=1S/C21H27NO6/c1-6-8-16(22-20(25)28-21(3,4)5)19(24)26-14-9-10-15-13(7-2)11-18(23)27-17(15)12-14/h9-12,16H,6-8H2,1-5H3,(H,22,25)/t16-/m0/s1. The zero-order chi connectivity index (χ0) is 20.9. The number of amides is 1. The molecule has 0 bridgehead atoms. The summed E-state index contributed by atoms with van der Waals surface area (Å²) < 4.78 is 15.8. The average Bonchev–Trinajstić information content (AvgIpc) is 2.58. The fraction of sp³-hybridized carbons (Fsp3) is 0.476. The molecule has 1 N–H and O–H groups in total. The minimum absolute atomic E-state index is 0.237. The summed E-state index contributed by atoms with van der Waals surface area (Å²) in [5, 5.41) is 3.34. The predicted molar refractivity (Wildman–Crippen MR) is 106 cm³/mol. The maximum atomic E-state index is 12.5. The lowest BCUT2D eigenvalue weighted by Crippen LogP contribution is -2.45. The van der Waals surface area contributed by atoms with Crippen LogP contribution in [0.1, 0.15) is 53.0 Å². The minimum atomic E-state index is -0.843. The molecule has 0 saturated heterocycles. The van der Waals surface area contributed by atoms with Crippen LogP contribution in [0.4, 0.5) is 4.79 Å². The molecule has 0 aliphatic carbocycles. The number of hydrogen-bond donors (Lipinski definition) is 1. The van der Waals surface area contributed by atoms with E-state index in [1.807, 2.05) is 13.8 Å². The number of esters is 1. The van der Waals surface area contributed by atoms with E-state index in [2.05, 4.69) is 5.32 Å². The molecule has 0 aliphatic rings. The van der Waals surface area contributed by atoms with Crippen LogP contribution < -0.4 is 15.7 Å². The first-order valence-corrected chi connectivity index (χ1v) is 9.41. The van der Waals surface area contributed by atoms with Gasteiger partial charge in [-0.15, -0.1) is 0 Å². The Hall–Kier alpha value is -2.83. The van der Waals surface area contributed by atoms with E-state index in [1.54, 1.807) is 32.9 Å². The van der Waals surface area contributed by atoms with Crippen molar-refractivity contribution in [3.8, 4) is 5.75 Å². The zero-order valence-electron chi connectivity index (χ0n) is 17.0. The third kappa shape index (κ3) is 5.84. The Morgan fingerprint density at radius 3 is 2.50 bits per heavy atom. The van der Waals surface area contributed by atoms with Crippen molar-refractivity contribution in [1.29, 1.82) is 0 Å². The number of ether oxygens (including phenoxy) is 2. The third-order valence-corrected chi connectivity index (χ3v) is 3.95. The molecule has 7 nitrogen and oxygen atoms in total. The summed E-state index contributed by atoms with van der Waals surface area (Å²) in [5.74, 6) is -0.373. The lowest BCUT2D eigenvalue weighted by Gasteiger charge is -2.22. The highest BCUT2D eigenvalue weighted by Crippen LogP contribution is 2.23. The summed E-state index contributed by atoms with van der Waals surface area (Å²) >= 11 is 0. The fourth-order valence-corrected chi connectivity index (χ4v) is 2.74. The SMILES string of the molecule is CCC[C@H](NC(=O)OC(C)(C)C)C(=O)Oc1ccc2c(CC)cc(=O)oc2c1. The van der Waals surface area contributed by atoms with Crippen LogP contribution in [0.5, 0.6) is 5.75 Å². The van der Waals surface area contributed by atoms with Gasteiger partial charge in [-0.05, 0) is 51.3 Å². The van der Waals surface area contributed by atoms with Gasteiger partial charge in [0, 0.05) is 17.5 Å². The van der Waals surface area contributed by atoms with E-state index in [0.29, 0.717) is 24.8 Å². The van der Waals surface area contributed by atoms with Crippen LogP contribution in [-0.4, -0.2) is 23.7 Å². The van der Waals surface area contributed by atoms with E-state index in [4.69, 9.17) is 13.9 Å². The minimum Gasteiger partial charge on any atom is -0.444 e. The van der Waals surface area contributed by atoms with Gasteiger partial charge in [0.05, 0.1) is 0 Å². The van der Waals surface area contributed by atoms with E-state index < -0.39 is 29.3 Å². The van der Waals surface area contributed by atoms with Crippen molar-refractivity contribution in [2.45, 2.75) is 65.5 Å². The normalized spacial score (nSPS) is 12.5. The molecular formula is C21H27NO6. The van der Waals surface area contributed by atoms with Gasteiger partial charge in [0.2, 0.25) is 0 Å². The highest BCUT2D eigenvalue weighted by atomic mass is 16.6. The summed E-state index contributed by atoms with van der Waals surface area (Å²) in [4.78, 5) is 36.2. The quantitative estimate of drug-likeness (QED) is 0.457. The maximum absolute atomic E-state index is 12.5. The second kappa shape index (κ2) is 8.91. The smallest absolute Gasteiger partial charge is 0.408 e. The maximum Gasteiger partial charge on any atom is 0.408 e. The number of fused-ring (bicyclic) bond motifs is 1. The van der Waals surface area contributed by atoms with Crippen molar-refractivity contribution in [3.05, 3.63) is 40.2 Å². The van der Waals surface area contributed by atoms with Crippen LogP contribution in [0.2, 0.25) is 0 Å². The third-order valence-electron chi connectivity index (χ3n) is 3.95. The van der Waals surface area contributed by atoms with E-state index in [9.17, 15) is 14.4 Å². The molecule has 1 aromatic heterocycles. The summed E-state index contributed by atoms with van der Waals surface area (Å²) in [6.45, 7) is 9.07. The molecule has 2 rings (SSSR count). The van der Waals surface area contributed by atoms with Gasteiger partial charge in [0.15, 0.2) is 0 Å². The Balaban J connectivity index is 2.18. The van der Waals surface area contributed by atoms with Crippen molar-refractivity contribution in [2.24, 2.45) is 0 Å². The van der Waals surface area contributed by atoms with Gasteiger partial charge in [-0.25, -0.2) is 14.4 Å². The first-order chi connectivity index (χ1) is 13.1. The number of nitrogens with one attached hydrogen (secondary N) is 1. The van der Waals surface area contributed by atoms with E-state index >= 15 is 0 Å². The predicted octanol–water partition coefficient (Wildman–Crippen LogP) is 3.95. The molecule has 1 amide bonds. The molecule has 1 heterocycles. The molecule has 0 spiro atoms. The summed E-state index contributed by atoms with van der Waals surface area (Å²) in [6.07, 6.45) is 1.07. The molecule has 1 atom stereocenters. The van der Waals surface area contributed by atoms with Gasteiger partial charge in [-0.3, -0.25) is 0 Å². The molecule has 152 valence electrons. The molecule has 0 unspecified atom stereocenters. The van der Waals surface area contributed by atoms with Gasteiger partial charge >= 0.3 is 17.7 Å². The fourth-order valence-electron chi connectivity index (χ4n) is 2.74. The largest absolute Gasteiger partial charge is 0.444 e. The van der Waals surface area contributed by atoms with Crippen molar-refractivity contribution in [3.63, 3.8) is 0 Å². The van der Waals surface area contributed by atoms with Crippen molar-refractivity contribution < 1.29 is 23.5 Å². The number of aryl methyl sites for hydroxylation is 1. The van der Waals surface area contributed by atoms with E-state index in [1.165, 1.54) is 12.1 Å². The molecule has 2 aromatic rings. The summed E-state index contributed by atoms with van der Waals surface area (Å²) in [6, 6.07) is 5.50. The topological polar surface area (TPSA) is 94.8 Å². The Bertz CT molecular complexity index is 909. The van der Waals surface area contributed by atoms with Gasteiger partial charge in [0.25, 0.3) is 0 Å². The highest BCUT2D eigenvalue weighted by molar-refractivity contribution is 5.85. The Morgan fingerprint density at radius 2 is 1.89 bits per heavy atom. The molecular weight excluding hydrogens is 362 g/mol. The van der Waals surface area contributed by atoms with E-state index in [0.717, 1.165) is 10.9 Å². The number of carbonyl (C=O) groups excluding carboxylic acids is 2. The number of alkyl carbamates (subject to hydrolysis) is 1. The van der Waals surface area contributed by atoms with Gasteiger partial charge in [-0.2, -0.15) is 0 Å². The Kier molecular flexibility index (Phi) is 6.83. The Labute approximate surface area is 164 Å². The van der Waals surface area contributed by atoms with E-state index in [-0.39, 0.29) is 5.75 Å². The molecule has 7 heteroatoms. The number of carbonyl (C=O) groups is 2. The summed E-state index contributed by atoms with van der Waals surface area (Å²) in [7, 11) is 0. The lowest BCUT2D eigenvalue weighted by atomic mass is 10.1. The van der Waals surface area contributed by atoms with Gasteiger partial charge in [-0.1, -0.05) is 20.3 Å². The second-order valence-corrected chi connectivity index (χ2v) is 7.51. The Morgan fingerprint density at radius 1 is 1.18 bits per heavy atom. The first kappa shape index (κ1) is 21.5. The molecule has 28 heavy (non-hydrogen) atoms. The lowest BCUT2D eigenvalue weighted by molar-refractivity contribution is -0.137. The van der Waals surface area contributed by atoms with Gasteiger partial charge in [0.1, 0.15) is 23.0 Å². The zero-order valence-corrected chi connectivity index (χ0v) is 17.0. The van der Waals surface area contributed by atoms with Crippen molar-refractivity contribution in [2.75, 3.05) is 0 Å². The molecule has 0 radical (unpaired) electrons. The first-order valence-electron chi connectivity index (χ1n) is 9.41. The van der Waals surface area contributed by atoms with Crippen LogP contribution in [0.3, 0.4) is 0 Å². The molecule has 0 aliphatic heterocycles. The van der Waals surface area contributed by atoms with Crippen molar-refractivity contribution >= 4 is 23.0 Å². The number of rotatable bonds is 6. The van der Waals surface area contributed by atoms with Crippen LogP contribution >= 0.6 is 0 Å². The molecule has 0 fully saturated rings. The van der Waals surface area contributed by atoms with Crippen molar-refractivity contribution in [1.82, 2.24) is 5.32 Å². The summed E-state index contributed by atoms with van der Waals surface area (Å²) in [5.41, 5.74) is 0.0853. The second-order valence-electron chi connectivity index (χ2n) is 7.51. The number of hydrogen-bond acceptors (Lipinski definition) is 6. The average molecular weight is 389 g/mol. The highest BCUT2D eigenvalue weighted by Gasteiger charge is 2.25. The molecule has 1 aromatic carbocycles. The van der Waals surface area contributed by atoms with Crippen LogP contribution in [0.15, 0.2) is 33.5 Å². The van der Waals surface area contributed by atoms with Gasteiger partial charge < -0.3 is 19.2 Å². The monoisotopic (exact) mass is 389 g/mol. The number of benzene rings is 1. The van der Waals surface area contributed by atoms with Crippen LogP contribution in [0, 0.1) is 0 Å². The molecule has 0 saturated carbocycles. The van der Waals surface area contributed by atoms with Crippen LogP contribution in [0.25, 0.3) is 11.0 Å². The van der Waals surface area contributed by atoms with Crippen LogP contribution in [-0.2, 0) is 16.0 Å².